The SMILES string of the molecule is CSc1cccc(NC(=O)NC2CC(C(=O)N(C)CC(N)=O)N(C(=O)C=C(C)C)C2)c1. The average molecular weight is 448 g/mol. The van der Waals surface area contributed by atoms with Gasteiger partial charge in [0.15, 0.2) is 0 Å². The molecule has 4 N–H and O–H groups in total. The van der Waals surface area contributed by atoms with E-state index in [0.29, 0.717) is 5.69 Å². The molecule has 1 aliphatic rings. The summed E-state index contributed by atoms with van der Waals surface area (Å²) in [5.41, 5.74) is 6.63. The summed E-state index contributed by atoms with van der Waals surface area (Å²) in [5, 5.41) is 5.61. The lowest BCUT2D eigenvalue weighted by atomic mass is 10.1. The number of carbonyl (C=O) groups excluding carboxylic acids is 4. The normalized spacial score (nSPS) is 17.6. The molecule has 1 heterocycles. The zero-order chi connectivity index (χ0) is 23.1. The van der Waals surface area contributed by atoms with E-state index < -0.39 is 29.9 Å². The molecule has 1 aromatic carbocycles. The Balaban J connectivity index is 2.11. The molecule has 0 spiro atoms. The molecule has 1 aromatic rings. The second-order valence-electron chi connectivity index (χ2n) is 7.65. The minimum atomic E-state index is -0.794. The summed E-state index contributed by atoms with van der Waals surface area (Å²) >= 11 is 1.57. The van der Waals surface area contributed by atoms with E-state index in [0.717, 1.165) is 10.5 Å². The highest BCUT2D eigenvalue weighted by Gasteiger charge is 2.40. The molecule has 1 aliphatic heterocycles. The highest BCUT2D eigenvalue weighted by Crippen LogP contribution is 2.22. The van der Waals surface area contributed by atoms with Crippen molar-refractivity contribution in [2.75, 3.05) is 31.7 Å². The molecule has 5 amide bonds. The zero-order valence-corrected chi connectivity index (χ0v) is 19.0. The number of benzene rings is 1. The number of primary amides is 1. The maximum absolute atomic E-state index is 12.8. The predicted molar refractivity (Wildman–Crippen MR) is 121 cm³/mol. The van der Waals surface area contributed by atoms with E-state index in [9.17, 15) is 19.2 Å². The predicted octanol–water partition coefficient (Wildman–Crippen LogP) is 1.41. The van der Waals surface area contributed by atoms with Crippen LogP contribution in [-0.4, -0.2) is 72.0 Å². The number of nitrogens with zero attached hydrogens (tertiary/aromatic N) is 2. The van der Waals surface area contributed by atoms with Crippen molar-refractivity contribution in [1.82, 2.24) is 15.1 Å². The maximum atomic E-state index is 12.8. The van der Waals surface area contributed by atoms with Crippen molar-refractivity contribution in [2.45, 2.75) is 37.2 Å². The van der Waals surface area contributed by atoms with Crippen LogP contribution in [0.15, 0.2) is 40.8 Å². The van der Waals surface area contributed by atoms with Crippen molar-refractivity contribution in [3.63, 3.8) is 0 Å². The first-order valence-electron chi connectivity index (χ1n) is 9.81. The van der Waals surface area contributed by atoms with Gasteiger partial charge < -0.3 is 26.2 Å². The molecule has 2 atom stereocenters. The van der Waals surface area contributed by atoms with E-state index in [1.54, 1.807) is 31.7 Å². The van der Waals surface area contributed by atoms with Gasteiger partial charge in [0, 0.05) is 30.3 Å². The molecule has 0 radical (unpaired) electrons. The molecule has 168 valence electrons. The van der Waals surface area contributed by atoms with Crippen LogP contribution in [0.5, 0.6) is 0 Å². The molecule has 0 bridgehead atoms. The Kier molecular flexibility index (Phi) is 8.49. The number of likely N-dealkylation sites (N-methyl/N-ethyl adjacent to an activating group) is 1. The molecule has 1 fully saturated rings. The topological polar surface area (TPSA) is 125 Å². The summed E-state index contributed by atoms with van der Waals surface area (Å²) in [4.78, 5) is 52.8. The van der Waals surface area contributed by atoms with Gasteiger partial charge in [-0.15, -0.1) is 11.8 Å². The summed E-state index contributed by atoms with van der Waals surface area (Å²) in [6, 6.07) is 5.79. The monoisotopic (exact) mass is 447 g/mol. The quantitative estimate of drug-likeness (QED) is 0.431. The van der Waals surface area contributed by atoms with Crippen LogP contribution >= 0.6 is 11.8 Å². The Morgan fingerprint density at radius 1 is 1.29 bits per heavy atom. The number of carbonyl (C=O) groups is 4. The van der Waals surface area contributed by atoms with Crippen molar-refractivity contribution in [3.8, 4) is 0 Å². The molecule has 10 heteroatoms. The van der Waals surface area contributed by atoms with Gasteiger partial charge >= 0.3 is 6.03 Å². The molecule has 31 heavy (non-hydrogen) atoms. The maximum Gasteiger partial charge on any atom is 0.319 e. The second kappa shape index (κ2) is 10.9. The van der Waals surface area contributed by atoms with Crippen LogP contribution in [0, 0.1) is 0 Å². The molecule has 2 rings (SSSR count). The van der Waals surface area contributed by atoms with Gasteiger partial charge in [-0.25, -0.2) is 4.79 Å². The van der Waals surface area contributed by atoms with Crippen molar-refractivity contribution in [2.24, 2.45) is 5.73 Å². The van der Waals surface area contributed by atoms with Crippen LogP contribution < -0.4 is 16.4 Å². The van der Waals surface area contributed by atoms with Gasteiger partial charge in [0.05, 0.1) is 12.6 Å². The number of hydrogen-bond acceptors (Lipinski definition) is 5. The number of amides is 5. The van der Waals surface area contributed by atoms with Crippen LogP contribution in [0.4, 0.5) is 10.5 Å². The van der Waals surface area contributed by atoms with Gasteiger partial charge in [-0.1, -0.05) is 11.6 Å². The number of thioether (sulfide) groups is 1. The molecule has 9 nitrogen and oxygen atoms in total. The van der Waals surface area contributed by atoms with Gasteiger partial charge in [-0.2, -0.15) is 0 Å². The van der Waals surface area contributed by atoms with Crippen LogP contribution in [0.1, 0.15) is 20.3 Å². The summed E-state index contributed by atoms with van der Waals surface area (Å²) in [5.74, 6) is -1.35. The van der Waals surface area contributed by atoms with Crippen molar-refractivity contribution < 1.29 is 19.2 Å². The number of nitrogens with one attached hydrogen (secondary N) is 2. The Hall–Kier alpha value is -3.01. The van der Waals surface area contributed by atoms with E-state index in [4.69, 9.17) is 5.73 Å². The molecule has 0 aromatic heterocycles. The smallest absolute Gasteiger partial charge is 0.319 e. The van der Waals surface area contributed by atoms with Crippen molar-refractivity contribution >= 4 is 41.2 Å². The summed E-state index contributed by atoms with van der Waals surface area (Å²) in [6.07, 6.45) is 3.63. The lowest BCUT2D eigenvalue weighted by molar-refractivity contribution is -0.142. The number of likely N-dealkylation sites (tertiary alicyclic amines) is 1. The van der Waals surface area contributed by atoms with E-state index in [1.165, 1.54) is 22.9 Å². The number of allylic oxidation sites excluding steroid dienone is 1. The number of anilines is 1. The largest absolute Gasteiger partial charge is 0.368 e. The standard InChI is InChI=1S/C21H29N5O4S/c1-13(2)8-19(28)26-11-15(10-17(26)20(29)25(3)12-18(22)27)24-21(30)23-14-6-5-7-16(9-14)31-4/h5-9,15,17H,10-12H2,1-4H3,(H2,22,27)(H2,23,24,30). The van der Waals surface area contributed by atoms with Gasteiger partial charge in [0.2, 0.25) is 17.7 Å². The lowest BCUT2D eigenvalue weighted by Gasteiger charge is -2.26. The molecule has 1 saturated heterocycles. The average Bonchev–Trinajstić information content (AvgIpc) is 3.10. The molecule has 2 unspecified atom stereocenters. The lowest BCUT2D eigenvalue weighted by Crippen LogP contribution is -2.48. The van der Waals surface area contributed by atoms with Gasteiger partial charge in [-0.3, -0.25) is 14.4 Å². The Labute approximate surface area is 186 Å². The number of hydrogen-bond donors (Lipinski definition) is 3. The van der Waals surface area contributed by atoms with Crippen LogP contribution in [0.25, 0.3) is 0 Å². The summed E-state index contributed by atoms with van der Waals surface area (Å²) < 4.78 is 0. The van der Waals surface area contributed by atoms with Crippen LogP contribution in [-0.2, 0) is 14.4 Å². The first kappa shape index (κ1) is 24.3. The number of urea groups is 1. The third-order valence-electron chi connectivity index (χ3n) is 4.71. The first-order valence-corrected chi connectivity index (χ1v) is 11.0. The number of nitrogens with two attached hydrogens (primary N) is 1. The van der Waals surface area contributed by atoms with Gasteiger partial charge in [-0.05, 0) is 44.7 Å². The molecule has 0 saturated carbocycles. The number of rotatable bonds is 7. The Bertz CT molecular complexity index is 884. The van der Waals surface area contributed by atoms with E-state index in [-0.39, 0.29) is 25.4 Å². The summed E-state index contributed by atoms with van der Waals surface area (Å²) in [6.45, 7) is 3.51. The molecular formula is C21H29N5O4S. The van der Waals surface area contributed by atoms with Crippen molar-refractivity contribution in [1.29, 1.82) is 0 Å². The third-order valence-corrected chi connectivity index (χ3v) is 5.44. The summed E-state index contributed by atoms with van der Waals surface area (Å²) in [7, 11) is 1.46. The second-order valence-corrected chi connectivity index (χ2v) is 8.53. The van der Waals surface area contributed by atoms with E-state index >= 15 is 0 Å². The van der Waals surface area contributed by atoms with Gasteiger partial charge in [0.1, 0.15) is 6.04 Å². The fraction of sp³-hybridized carbons (Fsp3) is 0.429. The van der Waals surface area contributed by atoms with Crippen LogP contribution in [0.2, 0.25) is 0 Å². The van der Waals surface area contributed by atoms with Gasteiger partial charge in [0.25, 0.3) is 0 Å². The fourth-order valence-electron chi connectivity index (χ4n) is 3.37. The van der Waals surface area contributed by atoms with Crippen molar-refractivity contribution in [3.05, 3.63) is 35.9 Å². The Morgan fingerprint density at radius 2 is 2.00 bits per heavy atom. The molecule has 0 aliphatic carbocycles. The third kappa shape index (κ3) is 7.02. The Morgan fingerprint density at radius 3 is 2.61 bits per heavy atom. The van der Waals surface area contributed by atoms with E-state index in [2.05, 4.69) is 10.6 Å². The van der Waals surface area contributed by atoms with E-state index in [1.807, 2.05) is 24.5 Å². The minimum absolute atomic E-state index is 0.182. The first-order chi connectivity index (χ1) is 14.6. The zero-order valence-electron chi connectivity index (χ0n) is 18.2. The highest BCUT2D eigenvalue weighted by atomic mass is 32.2. The molecular weight excluding hydrogens is 418 g/mol. The minimum Gasteiger partial charge on any atom is -0.368 e. The highest BCUT2D eigenvalue weighted by molar-refractivity contribution is 7.98. The van der Waals surface area contributed by atoms with Crippen LogP contribution in [0.3, 0.4) is 0 Å². The fourth-order valence-corrected chi connectivity index (χ4v) is 3.83.